The van der Waals surface area contributed by atoms with E-state index in [1.54, 1.807) is 24.3 Å². The molecule has 2 aromatic heterocycles. The number of nitrogens with zero attached hydrogens (tertiary/aromatic N) is 3. The van der Waals surface area contributed by atoms with E-state index >= 15 is 0 Å². The molecule has 0 saturated carbocycles. The van der Waals surface area contributed by atoms with Crippen molar-refractivity contribution in [1.29, 1.82) is 0 Å². The number of halogens is 2. The van der Waals surface area contributed by atoms with Crippen molar-refractivity contribution in [1.82, 2.24) is 19.6 Å². The molecule has 0 unspecified atom stereocenters. The van der Waals surface area contributed by atoms with Crippen molar-refractivity contribution in [2.24, 2.45) is 0 Å². The van der Waals surface area contributed by atoms with E-state index in [9.17, 15) is 13.6 Å². The molecule has 0 atom stereocenters. The number of H-pyrrole nitrogens is 1. The molecule has 9 heteroatoms. The lowest BCUT2D eigenvalue weighted by molar-refractivity contribution is 0.627. The average Bonchev–Trinajstić information content (AvgIpc) is 3.11. The Bertz CT molecular complexity index is 1150. The second kappa shape index (κ2) is 7.47. The highest BCUT2D eigenvalue weighted by Crippen LogP contribution is 2.10. The zero-order valence-corrected chi connectivity index (χ0v) is 14.6. The quantitative estimate of drug-likeness (QED) is 0.477. The number of aromatic amines is 1. The molecule has 0 aliphatic carbocycles. The van der Waals surface area contributed by atoms with Gasteiger partial charge in [-0.15, -0.1) is 0 Å². The van der Waals surface area contributed by atoms with Crippen molar-refractivity contribution in [3.8, 4) is 0 Å². The van der Waals surface area contributed by atoms with E-state index in [2.05, 4.69) is 25.7 Å². The lowest BCUT2D eigenvalue weighted by Gasteiger charge is -2.05. The minimum absolute atomic E-state index is 0.227. The minimum Gasteiger partial charge on any atom is -0.379 e. The molecule has 0 radical (unpaired) electrons. The third-order valence-electron chi connectivity index (χ3n) is 4.07. The number of fused-ring (bicyclic) bond motifs is 1. The first-order valence-corrected chi connectivity index (χ1v) is 8.53. The van der Waals surface area contributed by atoms with Crippen LogP contribution in [0.4, 0.5) is 20.4 Å². The van der Waals surface area contributed by atoms with Crippen molar-refractivity contribution in [3.05, 3.63) is 87.8 Å². The second-order valence-electron chi connectivity index (χ2n) is 6.13. The normalized spacial score (nSPS) is 10.9. The maximum atomic E-state index is 13.0. The summed E-state index contributed by atoms with van der Waals surface area (Å²) in [6.07, 6.45) is 0. The summed E-state index contributed by atoms with van der Waals surface area (Å²) in [5, 5.41) is 8.95. The number of aromatic nitrogens is 4. The van der Waals surface area contributed by atoms with E-state index in [1.807, 2.05) is 0 Å². The predicted octanol–water partition coefficient (Wildman–Crippen LogP) is 2.92. The molecule has 7 nitrogen and oxygen atoms in total. The van der Waals surface area contributed by atoms with E-state index < -0.39 is 0 Å². The van der Waals surface area contributed by atoms with Gasteiger partial charge in [0.15, 0.2) is 0 Å². The molecule has 3 N–H and O–H groups in total. The van der Waals surface area contributed by atoms with Gasteiger partial charge >= 0.3 is 0 Å². The summed E-state index contributed by atoms with van der Waals surface area (Å²) in [4.78, 5) is 20.9. The third-order valence-corrected chi connectivity index (χ3v) is 4.07. The van der Waals surface area contributed by atoms with Crippen LogP contribution in [0, 0.1) is 11.6 Å². The molecule has 28 heavy (non-hydrogen) atoms. The summed E-state index contributed by atoms with van der Waals surface area (Å²) >= 11 is 0. The fraction of sp³-hybridized carbons (Fsp3) is 0.105. The molecule has 0 fully saturated rings. The summed E-state index contributed by atoms with van der Waals surface area (Å²) in [6, 6.07) is 13.4. The van der Waals surface area contributed by atoms with Crippen LogP contribution in [0.3, 0.4) is 0 Å². The monoisotopic (exact) mass is 382 g/mol. The molecule has 0 amide bonds. The Hall–Kier alpha value is -3.75. The van der Waals surface area contributed by atoms with Crippen molar-refractivity contribution in [2.75, 3.05) is 10.6 Å². The van der Waals surface area contributed by atoms with E-state index in [1.165, 1.54) is 34.8 Å². The van der Waals surface area contributed by atoms with Gasteiger partial charge < -0.3 is 10.6 Å². The summed E-state index contributed by atoms with van der Waals surface area (Å²) in [5.74, 6) is -0.0203. The number of rotatable bonds is 6. The van der Waals surface area contributed by atoms with Gasteiger partial charge in [0.25, 0.3) is 11.3 Å². The molecule has 0 aliphatic heterocycles. The van der Waals surface area contributed by atoms with E-state index in [4.69, 9.17) is 0 Å². The molecule has 4 aromatic rings. The Kier molecular flexibility index (Phi) is 4.71. The van der Waals surface area contributed by atoms with Crippen LogP contribution < -0.4 is 16.2 Å². The first kappa shape index (κ1) is 17.7. The van der Waals surface area contributed by atoms with Gasteiger partial charge in [0.05, 0.1) is 12.2 Å². The zero-order chi connectivity index (χ0) is 19.5. The Morgan fingerprint density at radius 3 is 2.29 bits per heavy atom. The molecule has 0 aliphatic rings. The van der Waals surface area contributed by atoms with Crippen LogP contribution in [0.5, 0.6) is 0 Å². The molecule has 2 heterocycles. The number of hydrogen-bond acceptors (Lipinski definition) is 5. The number of hydrogen-bond donors (Lipinski definition) is 3. The Balaban J connectivity index is 1.47. The third kappa shape index (κ3) is 3.98. The fourth-order valence-corrected chi connectivity index (χ4v) is 2.65. The highest BCUT2D eigenvalue weighted by atomic mass is 19.1. The van der Waals surface area contributed by atoms with E-state index in [0.717, 1.165) is 5.56 Å². The summed E-state index contributed by atoms with van der Waals surface area (Å²) < 4.78 is 27.1. The van der Waals surface area contributed by atoms with Gasteiger partial charge in [-0.2, -0.15) is 9.50 Å². The number of anilines is 2. The van der Waals surface area contributed by atoms with Gasteiger partial charge in [0, 0.05) is 18.3 Å². The van der Waals surface area contributed by atoms with Crippen molar-refractivity contribution in [3.63, 3.8) is 0 Å². The summed E-state index contributed by atoms with van der Waals surface area (Å²) in [7, 11) is 0. The molecule has 4 rings (SSSR count). The lowest BCUT2D eigenvalue weighted by Crippen LogP contribution is -2.17. The maximum Gasteiger partial charge on any atom is 0.274 e. The number of nitrogens with one attached hydrogen (secondary N) is 3. The Morgan fingerprint density at radius 2 is 1.57 bits per heavy atom. The van der Waals surface area contributed by atoms with Gasteiger partial charge in [-0.25, -0.2) is 13.8 Å². The Labute approximate surface area is 158 Å². The summed E-state index contributed by atoms with van der Waals surface area (Å²) in [6.45, 7) is 0.705. The topological polar surface area (TPSA) is 87.1 Å². The van der Waals surface area contributed by atoms with Crippen LogP contribution in [-0.2, 0) is 13.1 Å². The largest absolute Gasteiger partial charge is 0.379 e. The maximum absolute atomic E-state index is 13.0. The fourth-order valence-electron chi connectivity index (χ4n) is 2.65. The zero-order valence-electron chi connectivity index (χ0n) is 14.6. The lowest BCUT2D eigenvalue weighted by atomic mass is 10.2. The molecular formula is C19H16F2N6O. The van der Waals surface area contributed by atoms with E-state index in [-0.39, 0.29) is 23.0 Å². The standard InChI is InChI=1S/C19H16F2N6O/c20-13-3-1-12(2-4-13)10-23-18-25-19-24-16(9-17(28)27(19)26-18)11-22-15-7-5-14(21)6-8-15/h1-9,22H,10-11H2,(H2,23,24,25,26). The highest BCUT2D eigenvalue weighted by Gasteiger charge is 2.08. The highest BCUT2D eigenvalue weighted by molar-refractivity contribution is 5.44. The van der Waals surface area contributed by atoms with Crippen molar-refractivity contribution >= 4 is 17.4 Å². The van der Waals surface area contributed by atoms with Gasteiger partial charge in [0.1, 0.15) is 11.6 Å². The molecule has 0 saturated heterocycles. The second-order valence-corrected chi connectivity index (χ2v) is 6.13. The predicted molar refractivity (Wildman–Crippen MR) is 101 cm³/mol. The SMILES string of the molecule is O=c1cc(CNc2ccc(F)cc2)nc2nc(NCc3ccc(F)cc3)[nH]n12. The minimum atomic E-state index is -0.319. The van der Waals surface area contributed by atoms with Gasteiger partial charge in [0.2, 0.25) is 5.95 Å². The van der Waals surface area contributed by atoms with Crippen LogP contribution in [-0.4, -0.2) is 19.6 Å². The van der Waals surface area contributed by atoms with Crippen LogP contribution in [0.2, 0.25) is 0 Å². The smallest absolute Gasteiger partial charge is 0.274 e. The molecule has 0 bridgehead atoms. The van der Waals surface area contributed by atoms with Gasteiger partial charge in [-0.05, 0) is 42.0 Å². The van der Waals surface area contributed by atoms with Crippen LogP contribution in [0.15, 0.2) is 59.4 Å². The van der Waals surface area contributed by atoms with Gasteiger partial charge in [-0.1, -0.05) is 12.1 Å². The van der Waals surface area contributed by atoms with Gasteiger partial charge in [-0.3, -0.25) is 9.89 Å². The Morgan fingerprint density at radius 1 is 0.893 bits per heavy atom. The van der Waals surface area contributed by atoms with E-state index in [0.29, 0.717) is 30.4 Å². The molecule has 142 valence electrons. The summed E-state index contributed by atoms with van der Waals surface area (Å²) in [5.41, 5.74) is 1.78. The van der Waals surface area contributed by atoms with Crippen molar-refractivity contribution in [2.45, 2.75) is 13.1 Å². The first-order valence-electron chi connectivity index (χ1n) is 8.53. The molecule has 0 spiro atoms. The van der Waals surface area contributed by atoms with Crippen LogP contribution >= 0.6 is 0 Å². The first-order chi connectivity index (χ1) is 13.6. The van der Waals surface area contributed by atoms with Crippen molar-refractivity contribution < 1.29 is 8.78 Å². The molecular weight excluding hydrogens is 366 g/mol. The van der Waals surface area contributed by atoms with Crippen LogP contribution in [0.1, 0.15) is 11.3 Å². The molecule has 2 aromatic carbocycles. The average molecular weight is 382 g/mol. The number of benzene rings is 2. The van der Waals surface area contributed by atoms with Crippen LogP contribution in [0.25, 0.3) is 5.78 Å².